The average Bonchev–Trinajstić information content (AvgIpc) is 3.35. The molecule has 2 aliphatic rings. The van der Waals surface area contributed by atoms with Gasteiger partial charge in [-0.05, 0) is 48.7 Å². The molecule has 1 amide bonds. The van der Waals surface area contributed by atoms with Crippen LogP contribution in [0.1, 0.15) is 31.2 Å². The normalized spacial score (nSPS) is 22.4. The Morgan fingerprint density at radius 2 is 2.00 bits per heavy atom. The maximum atomic E-state index is 14.8. The summed E-state index contributed by atoms with van der Waals surface area (Å²) in [5, 5.41) is 17.3. The summed E-state index contributed by atoms with van der Waals surface area (Å²) in [5.74, 6) is 0.0145. The van der Waals surface area contributed by atoms with Gasteiger partial charge in [0.25, 0.3) is 5.91 Å². The van der Waals surface area contributed by atoms with Gasteiger partial charge < -0.3 is 20.1 Å². The zero-order chi connectivity index (χ0) is 22.8. The maximum Gasteiger partial charge on any atom is 0.263 e. The Balaban J connectivity index is 1.34. The van der Waals surface area contributed by atoms with E-state index in [9.17, 15) is 14.3 Å². The number of amides is 1. The fourth-order valence-electron chi connectivity index (χ4n) is 4.61. The maximum absolute atomic E-state index is 14.8. The van der Waals surface area contributed by atoms with E-state index in [4.69, 9.17) is 4.74 Å². The van der Waals surface area contributed by atoms with Gasteiger partial charge in [0, 0.05) is 18.9 Å². The van der Waals surface area contributed by atoms with Gasteiger partial charge in [-0.2, -0.15) is 5.10 Å². The fourth-order valence-corrected chi connectivity index (χ4v) is 4.61. The number of fused-ring (bicyclic) bond motifs is 1. The van der Waals surface area contributed by atoms with E-state index in [2.05, 4.69) is 10.4 Å². The largest absolute Gasteiger partial charge is 0.477 e. The van der Waals surface area contributed by atoms with Crippen LogP contribution in [0.3, 0.4) is 0 Å². The molecule has 1 saturated carbocycles. The molecule has 8 heteroatoms. The third-order valence-corrected chi connectivity index (χ3v) is 6.35. The lowest BCUT2D eigenvalue weighted by molar-refractivity contribution is -0.129. The van der Waals surface area contributed by atoms with Gasteiger partial charge in [-0.15, -0.1) is 0 Å². The Kier molecular flexibility index (Phi) is 6.00. The van der Waals surface area contributed by atoms with Crippen LogP contribution >= 0.6 is 0 Å². The number of para-hydroxylation sites is 2. The van der Waals surface area contributed by atoms with Gasteiger partial charge in [-0.3, -0.25) is 4.79 Å². The van der Waals surface area contributed by atoms with Crippen molar-refractivity contribution < 1.29 is 19.0 Å². The van der Waals surface area contributed by atoms with Gasteiger partial charge in [-0.25, -0.2) is 9.07 Å². The number of ether oxygens (including phenoxy) is 1. The summed E-state index contributed by atoms with van der Waals surface area (Å²) in [4.78, 5) is 15.0. The molecule has 2 heterocycles. The molecule has 3 atom stereocenters. The Bertz CT molecular complexity index is 1120. The number of nitrogens with one attached hydrogen (secondary N) is 1. The molecule has 2 N–H and O–H groups in total. The van der Waals surface area contributed by atoms with Crippen molar-refractivity contribution in [2.75, 3.05) is 11.4 Å². The van der Waals surface area contributed by atoms with Gasteiger partial charge in [0.15, 0.2) is 6.10 Å². The van der Waals surface area contributed by atoms with E-state index in [-0.39, 0.29) is 17.8 Å². The molecule has 172 valence electrons. The molecule has 1 aliphatic carbocycles. The molecule has 0 bridgehead atoms. The lowest BCUT2D eigenvalue weighted by Crippen LogP contribution is -2.54. The average molecular weight is 451 g/mol. The van der Waals surface area contributed by atoms with Gasteiger partial charge in [0.1, 0.15) is 17.3 Å². The second-order valence-electron chi connectivity index (χ2n) is 8.66. The number of benzene rings is 2. The summed E-state index contributed by atoms with van der Waals surface area (Å²) in [6.07, 6.45) is 5.49. The van der Waals surface area contributed by atoms with Crippen LogP contribution in [0.5, 0.6) is 5.75 Å². The van der Waals surface area contributed by atoms with Crippen molar-refractivity contribution in [1.29, 1.82) is 0 Å². The van der Waals surface area contributed by atoms with Gasteiger partial charge in [0.2, 0.25) is 0 Å². The van der Waals surface area contributed by atoms with Gasteiger partial charge in [-0.1, -0.05) is 31.0 Å². The quantitative estimate of drug-likeness (QED) is 0.624. The third kappa shape index (κ3) is 4.57. The molecule has 33 heavy (non-hydrogen) atoms. The van der Waals surface area contributed by atoms with Crippen LogP contribution in [0.15, 0.2) is 60.9 Å². The topological polar surface area (TPSA) is 79.6 Å². The van der Waals surface area contributed by atoms with Crippen LogP contribution < -0.4 is 15.0 Å². The van der Waals surface area contributed by atoms with Crippen molar-refractivity contribution >= 4 is 11.6 Å². The van der Waals surface area contributed by atoms with E-state index < -0.39 is 12.2 Å². The highest BCUT2D eigenvalue weighted by atomic mass is 19.1. The van der Waals surface area contributed by atoms with Crippen LogP contribution in [0.25, 0.3) is 5.69 Å². The molecule has 1 unspecified atom stereocenters. The summed E-state index contributed by atoms with van der Waals surface area (Å²) in [6.45, 7) is 0.751. The minimum Gasteiger partial charge on any atom is -0.477 e. The first-order valence-electron chi connectivity index (χ1n) is 11.4. The van der Waals surface area contributed by atoms with E-state index in [1.54, 1.807) is 24.5 Å². The Labute approximate surface area is 191 Å². The number of aliphatic hydroxyl groups is 1. The van der Waals surface area contributed by atoms with E-state index in [0.717, 1.165) is 30.5 Å². The van der Waals surface area contributed by atoms with Gasteiger partial charge in [0.05, 0.1) is 24.4 Å². The number of anilines is 1. The number of aliphatic hydroxyl groups excluding tert-OH is 1. The highest BCUT2D eigenvalue weighted by Gasteiger charge is 2.33. The number of carbonyl (C=O) groups excluding carboxylic acids is 1. The molecule has 1 aromatic heterocycles. The van der Waals surface area contributed by atoms with Crippen molar-refractivity contribution in [2.24, 2.45) is 0 Å². The molecular weight excluding hydrogens is 423 g/mol. The first-order chi connectivity index (χ1) is 16.1. The molecule has 1 aliphatic heterocycles. The van der Waals surface area contributed by atoms with Crippen LogP contribution in [0, 0.1) is 5.82 Å². The highest BCUT2D eigenvalue weighted by molar-refractivity contribution is 5.83. The van der Waals surface area contributed by atoms with Crippen molar-refractivity contribution in [1.82, 2.24) is 15.1 Å². The summed E-state index contributed by atoms with van der Waals surface area (Å²) < 4.78 is 22.3. The molecule has 0 radical (unpaired) electrons. The summed E-state index contributed by atoms with van der Waals surface area (Å²) >= 11 is 0. The van der Waals surface area contributed by atoms with Crippen molar-refractivity contribution in [2.45, 2.75) is 50.5 Å². The number of aromatic nitrogens is 2. The molecular formula is C25H27FN4O3. The zero-order valence-corrected chi connectivity index (χ0v) is 18.2. The molecule has 2 aromatic carbocycles. The molecule has 1 fully saturated rings. The van der Waals surface area contributed by atoms with Crippen LogP contribution in [-0.2, 0) is 11.3 Å². The predicted octanol–water partition coefficient (Wildman–Crippen LogP) is 3.20. The molecule has 0 saturated heterocycles. The Hall–Kier alpha value is -3.39. The zero-order valence-electron chi connectivity index (χ0n) is 18.2. The number of hydrogen-bond acceptors (Lipinski definition) is 5. The summed E-state index contributed by atoms with van der Waals surface area (Å²) in [7, 11) is 0. The first kappa shape index (κ1) is 21.5. The van der Waals surface area contributed by atoms with Crippen LogP contribution in [-0.4, -0.2) is 45.6 Å². The number of carbonyl (C=O) groups is 1. The summed E-state index contributed by atoms with van der Waals surface area (Å²) in [5.41, 5.74) is 2.02. The highest BCUT2D eigenvalue weighted by Crippen LogP contribution is 2.34. The smallest absolute Gasteiger partial charge is 0.263 e. The van der Waals surface area contributed by atoms with Crippen molar-refractivity contribution in [3.63, 3.8) is 0 Å². The number of hydrogen-bond donors (Lipinski definition) is 2. The Morgan fingerprint density at radius 3 is 2.79 bits per heavy atom. The number of rotatable bonds is 5. The third-order valence-electron chi connectivity index (χ3n) is 6.35. The standard InChI is InChI=1S/C25H27FN4O3/c26-18-14-17(10-11-20(18)30-13-5-12-27-30)15-29-16-24(33-23-9-4-2-7-21(23)29)25(32)28-19-6-1-3-8-22(19)31/h2,4-5,7,9-14,19,22,24,31H,1,3,6,8,15-16H2,(H,28,32)/t19-,22-,24?/m0/s1. The van der Waals surface area contributed by atoms with Crippen molar-refractivity contribution in [3.05, 3.63) is 72.3 Å². The van der Waals surface area contributed by atoms with Crippen LogP contribution in [0.2, 0.25) is 0 Å². The van der Waals surface area contributed by atoms with Crippen LogP contribution in [0.4, 0.5) is 10.1 Å². The van der Waals surface area contributed by atoms with E-state index in [1.165, 1.54) is 10.7 Å². The Morgan fingerprint density at radius 1 is 1.15 bits per heavy atom. The van der Waals surface area contributed by atoms with Gasteiger partial charge >= 0.3 is 0 Å². The van der Waals surface area contributed by atoms with E-state index in [1.807, 2.05) is 35.2 Å². The second-order valence-corrected chi connectivity index (χ2v) is 8.66. The second kappa shape index (κ2) is 9.23. The molecule has 7 nitrogen and oxygen atoms in total. The lowest BCUT2D eigenvalue weighted by Gasteiger charge is -2.37. The predicted molar refractivity (Wildman–Crippen MR) is 122 cm³/mol. The van der Waals surface area contributed by atoms with E-state index >= 15 is 0 Å². The first-order valence-corrected chi connectivity index (χ1v) is 11.4. The van der Waals surface area contributed by atoms with Crippen molar-refractivity contribution in [3.8, 4) is 11.4 Å². The fraction of sp³-hybridized carbons (Fsp3) is 0.360. The van der Waals surface area contributed by atoms with E-state index in [0.29, 0.717) is 30.9 Å². The monoisotopic (exact) mass is 450 g/mol. The minimum absolute atomic E-state index is 0.235. The molecule has 5 rings (SSSR count). The molecule has 3 aromatic rings. The number of halogens is 1. The molecule has 0 spiro atoms. The minimum atomic E-state index is -0.720. The number of nitrogens with zero attached hydrogens (tertiary/aromatic N) is 3. The SMILES string of the molecule is O=C(N[C@H]1CCCC[C@@H]1O)C1CN(Cc2ccc(-n3cccn3)c(F)c2)c2ccccc2O1. The lowest BCUT2D eigenvalue weighted by atomic mass is 9.92. The summed E-state index contributed by atoms with van der Waals surface area (Å²) in [6, 6.07) is 14.1.